The van der Waals surface area contributed by atoms with Gasteiger partial charge in [-0.05, 0) is 0 Å². The molecule has 0 aliphatic heterocycles. The van der Waals surface area contributed by atoms with Gasteiger partial charge < -0.3 is 14.2 Å². The monoisotopic (exact) mass is 166 g/mol. The fourth-order valence-electron chi connectivity index (χ4n) is 0.556. The maximum absolute atomic E-state index is 4.98. The third-order valence-electron chi connectivity index (χ3n) is 1.04. The smallest absolute Gasteiger partial charge is 0.104 e. The first kappa shape index (κ1) is 17.1. The van der Waals surface area contributed by atoms with Gasteiger partial charge in [0.05, 0.1) is 13.2 Å². The van der Waals surface area contributed by atoms with Gasteiger partial charge in [0, 0.05) is 21.3 Å². The van der Waals surface area contributed by atoms with E-state index < -0.39 is 0 Å². The zero-order chi connectivity index (χ0) is 7.11. The lowest BCUT2D eigenvalue weighted by Gasteiger charge is -2.11. The lowest BCUT2D eigenvalue weighted by molar-refractivity contribution is -0.0178. The van der Waals surface area contributed by atoms with Crippen molar-refractivity contribution in [3.63, 3.8) is 0 Å². The molecule has 0 aliphatic carbocycles. The molecular formula is C8H22O3. The molecule has 0 spiro atoms. The highest BCUT2D eigenvalue weighted by Crippen LogP contribution is 1.89. The van der Waals surface area contributed by atoms with E-state index in [2.05, 4.69) is 0 Å². The zero-order valence-corrected chi connectivity index (χ0v) is 6.22. The molecule has 0 saturated carbocycles. The van der Waals surface area contributed by atoms with Crippen molar-refractivity contribution in [1.82, 2.24) is 0 Å². The van der Waals surface area contributed by atoms with Gasteiger partial charge in [-0.1, -0.05) is 14.9 Å². The van der Waals surface area contributed by atoms with Gasteiger partial charge in [0.2, 0.25) is 0 Å². The molecule has 0 unspecified atom stereocenters. The molecule has 0 aliphatic rings. The van der Waals surface area contributed by atoms with Crippen LogP contribution in [-0.2, 0) is 14.2 Å². The van der Waals surface area contributed by atoms with E-state index in [0.29, 0.717) is 13.2 Å². The largest absolute Gasteiger partial charge is 0.382 e. The summed E-state index contributed by atoms with van der Waals surface area (Å²) in [5.74, 6) is 0. The van der Waals surface area contributed by atoms with Gasteiger partial charge in [0.15, 0.2) is 0 Å². The first-order valence-corrected chi connectivity index (χ1v) is 2.85. The van der Waals surface area contributed by atoms with E-state index in [1.54, 1.807) is 21.3 Å². The van der Waals surface area contributed by atoms with Crippen LogP contribution in [0.1, 0.15) is 14.9 Å². The number of methoxy groups -OCH3 is 3. The topological polar surface area (TPSA) is 27.7 Å². The average molecular weight is 166 g/mol. The standard InChI is InChI=1S/C6H14O3.2CH4/c1-7-4-6(9-3)5-8-2;;/h6H,4-5H2,1-3H3;2*1H4. The lowest BCUT2D eigenvalue weighted by atomic mass is 10.4. The van der Waals surface area contributed by atoms with E-state index in [4.69, 9.17) is 14.2 Å². The minimum Gasteiger partial charge on any atom is -0.382 e. The lowest BCUT2D eigenvalue weighted by Crippen LogP contribution is -2.22. The third kappa shape index (κ3) is 9.88. The fourth-order valence-corrected chi connectivity index (χ4v) is 0.556. The first-order valence-electron chi connectivity index (χ1n) is 2.85. The molecule has 0 aromatic heterocycles. The van der Waals surface area contributed by atoms with Crippen molar-refractivity contribution in [3.05, 3.63) is 0 Å². The molecule has 0 fully saturated rings. The molecule has 0 rings (SSSR count). The molecule has 0 saturated heterocycles. The molecule has 3 heteroatoms. The second kappa shape index (κ2) is 12.5. The van der Waals surface area contributed by atoms with E-state index in [1.807, 2.05) is 0 Å². The van der Waals surface area contributed by atoms with E-state index in [9.17, 15) is 0 Å². The maximum atomic E-state index is 4.98. The third-order valence-corrected chi connectivity index (χ3v) is 1.04. The Balaban J connectivity index is -0.000000320. The minimum atomic E-state index is 0. The van der Waals surface area contributed by atoms with Gasteiger partial charge in [-0.25, -0.2) is 0 Å². The van der Waals surface area contributed by atoms with E-state index in [-0.39, 0.29) is 21.0 Å². The van der Waals surface area contributed by atoms with Crippen molar-refractivity contribution in [2.45, 2.75) is 21.0 Å². The minimum absolute atomic E-state index is 0. The summed E-state index contributed by atoms with van der Waals surface area (Å²) in [6, 6.07) is 0. The van der Waals surface area contributed by atoms with Crippen LogP contribution in [0, 0.1) is 0 Å². The fraction of sp³-hybridized carbons (Fsp3) is 1.00. The molecule has 0 atom stereocenters. The van der Waals surface area contributed by atoms with Crippen LogP contribution >= 0.6 is 0 Å². The molecule has 0 bridgehead atoms. The van der Waals surface area contributed by atoms with Crippen LogP contribution in [0.25, 0.3) is 0 Å². The van der Waals surface area contributed by atoms with Crippen molar-refractivity contribution < 1.29 is 14.2 Å². The van der Waals surface area contributed by atoms with Gasteiger partial charge in [-0.3, -0.25) is 0 Å². The molecule has 0 radical (unpaired) electrons. The quantitative estimate of drug-likeness (QED) is 0.620. The van der Waals surface area contributed by atoms with Crippen LogP contribution in [-0.4, -0.2) is 40.6 Å². The normalized spacial score (nSPS) is 8.73. The Morgan fingerprint density at radius 3 is 1.45 bits per heavy atom. The highest BCUT2D eigenvalue weighted by molar-refractivity contribution is 4.51. The number of hydrogen-bond donors (Lipinski definition) is 0. The highest BCUT2D eigenvalue weighted by atomic mass is 16.5. The van der Waals surface area contributed by atoms with Crippen molar-refractivity contribution in [3.8, 4) is 0 Å². The maximum Gasteiger partial charge on any atom is 0.104 e. The SMILES string of the molecule is C.C.COCC(COC)OC. The summed E-state index contributed by atoms with van der Waals surface area (Å²) in [6.07, 6.45) is 0.0694. The van der Waals surface area contributed by atoms with E-state index in [1.165, 1.54) is 0 Å². The van der Waals surface area contributed by atoms with Crippen molar-refractivity contribution >= 4 is 0 Å². The number of ether oxygens (including phenoxy) is 3. The first-order chi connectivity index (χ1) is 4.35. The predicted molar refractivity (Wildman–Crippen MR) is 48.0 cm³/mol. The van der Waals surface area contributed by atoms with Crippen LogP contribution in [0.3, 0.4) is 0 Å². The van der Waals surface area contributed by atoms with Crippen LogP contribution in [0.5, 0.6) is 0 Å². The van der Waals surface area contributed by atoms with Crippen molar-refractivity contribution in [2.24, 2.45) is 0 Å². The molecule has 0 aromatic carbocycles. The predicted octanol–water partition coefficient (Wildman–Crippen LogP) is 1.57. The molecule has 0 N–H and O–H groups in total. The second-order valence-electron chi connectivity index (χ2n) is 1.77. The van der Waals surface area contributed by atoms with Crippen molar-refractivity contribution in [1.29, 1.82) is 0 Å². The summed E-state index contributed by atoms with van der Waals surface area (Å²) in [6.45, 7) is 1.18. The summed E-state index contributed by atoms with van der Waals surface area (Å²) in [7, 11) is 4.92. The van der Waals surface area contributed by atoms with E-state index in [0.717, 1.165) is 0 Å². The van der Waals surface area contributed by atoms with Crippen LogP contribution in [0.4, 0.5) is 0 Å². The Hall–Kier alpha value is -0.120. The van der Waals surface area contributed by atoms with Gasteiger partial charge in [-0.2, -0.15) is 0 Å². The van der Waals surface area contributed by atoms with Crippen LogP contribution < -0.4 is 0 Å². The second-order valence-corrected chi connectivity index (χ2v) is 1.77. The number of rotatable bonds is 5. The van der Waals surface area contributed by atoms with Gasteiger partial charge in [0.25, 0.3) is 0 Å². The Morgan fingerprint density at radius 1 is 0.909 bits per heavy atom. The highest BCUT2D eigenvalue weighted by Gasteiger charge is 2.03. The molecule has 0 aromatic rings. The summed E-state index contributed by atoms with van der Waals surface area (Å²) in [5, 5.41) is 0. The zero-order valence-electron chi connectivity index (χ0n) is 6.22. The molecular weight excluding hydrogens is 144 g/mol. The summed E-state index contributed by atoms with van der Waals surface area (Å²) < 4.78 is 14.7. The van der Waals surface area contributed by atoms with Crippen LogP contribution in [0.15, 0.2) is 0 Å². The van der Waals surface area contributed by atoms with Gasteiger partial charge in [0.1, 0.15) is 6.10 Å². The molecule has 3 nitrogen and oxygen atoms in total. The molecule has 72 valence electrons. The summed E-state index contributed by atoms with van der Waals surface area (Å²) >= 11 is 0. The molecule has 11 heavy (non-hydrogen) atoms. The average Bonchev–Trinajstić information content (AvgIpc) is 1.88. The Morgan fingerprint density at radius 2 is 1.27 bits per heavy atom. The number of hydrogen-bond acceptors (Lipinski definition) is 3. The summed E-state index contributed by atoms with van der Waals surface area (Å²) in [4.78, 5) is 0. The Kier molecular flexibility index (Phi) is 19.5. The van der Waals surface area contributed by atoms with E-state index >= 15 is 0 Å². The van der Waals surface area contributed by atoms with Gasteiger partial charge in [-0.15, -0.1) is 0 Å². The Labute approximate surface area is 70.6 Å². The molecule has 0 heterocycles. The molecule has 0 amide bonds. The van der Waals surface area contributed by atoms with Gasteiger partial charge >= 0.3 is 0 Å². The summed E-state index contributed by atoms with van der Waals surface area (Å²) in [5.41, 5.74) is 0. The Bertz CT molecular complexity index is 51.3. The van der Waals surface area contributed by atoms with Crippen molar-refractivity contribution in [2.75, 3.05) is 34.5 Å². The van der Waals surface area contributed by atoms with Crippen LogP contribution in [0.2, 0.25) is 0 Å².